The van der Waals surface area contributed by atoms with E-state index in [2.05, 4.69) is 15.5 Å². The zero-order chi connectivity index (χ0) is 23.4. The number of morpholine rings is 1. The van der Waals surface area contributed by atoms with E-state index in [1.165, 1.54) is 15.6 Å². The van der Waals surface area contributed by atoms with Gasteiger partial charge in [-0.25, -0.2) is 13.4 Å². The van der Waals surface area contributed by atoms with Crippen LogP contribution in [0.1, 0.15) is 19.4 Å². The molecule has 2 atom stereocenters. The molecule has 0 aliphatic carbocycles. The number of benzene rings is 2. The zero-order valence-electron chi connectivity index (χ0n) is 18.6. The molecule has 1 saturated heterocycles. The van der Waals surface area contributed by atoms with Crippen molar-refractivity contribution in [2.45, 2.75) is 31.0 Å². The van der Waals surface area contributed by atoms with Gasteiger partial charge in [0.05, 0.1) is 36.1 Å². The van der Waals surface area contributed by atoms with Gasteiger partial charge in [-0.3, -0.25) is 5.43 Å². The lowest BCUT2D eigenvalue weighted by atomic mass is 10.2. The Morgan fingerprint density at radius 1 is 1.18 bits per heavy atom. The fraction of sp³-hybridized carbons (Fsp3) is 0.304. The molecule has 2 unspecified atom stereocenters. The maximum Gasteiger partial charge on any atom is 0.243 e. The number of nitrogens with zero attached hydrogens (tertiary/aromatic N) is 3. The van der Waals surface area contributed by atoms with Gasteiger partial charge in [0.25, 0.3) is 0 Å². The van der Waals surface area contributed by atoms with Crippen molar-refractivity contribution in [1.82, 2.24) is 9.29 Å². The third-order valence-electron chi connectivity index (χ3n) is 5.15. The van der Waals surface area contributed by atoms with Gasteiger partial charge < -0.3 is 9.47 Å². The second-order valence-corrected chi connectivity index (χ2v) is 10.6. The minimum absolute atomic E-state index is 0.141. The summed E-state index contributed by atoms with van der Waals surface area (Å²) in [6, 6.07) is 14.4. The van der Waals surface area contributed by atoms with E-state index in [-0.39, 0.29) is 17.1 Å². The predicted molar refractivity (Wildman–Crippen MR) is 131 cm³/mol. The van der Waals surface area contributed by atoms with Gasteiger partial charge in [-0.1, -0.05) is 12.1 Å². The van der Waals surface area contributed by atoms with Crippen LogP contribution in [0.15, 0.2) is 63.9 Å². The average molecular weight is 487 g/mol. The van der Waals surface area contributed by atoms with Crippen LogP contribution in [0.25, 0.3) is 11.3 Å². The summed E-state index contributed by atoms with van der Waals surface area (Å²) in [5.74, 6) is 0.784. The Kier molecular flexibility index (Phi) is 7.08. The first-order valence-corrected chi connectivity index (χ1v) is 12.8. The first kappa shape index (κ1) is 23.4. The molecule has 0 amide bonds. The second-order valence-electron chi connectivity index (χ2n) is 7.79. The molecule has 10 heteroatoms. The van der Waals surface area contributed by atoms with Crippen LogP contribution >= 0.6 is 11.3 Å². The minimum Gasteiger partial charge on any atom is -0.497 e. The number of sulfonamides is 1. The molecular weight excluding hydrogens is 460 g/mol. The fourth-order valence-corrected chi connectivity index (χ4v) is 5.91. The molecule has 2 aromatic carbocycles. The van der Waals surface area contributed by atoms with Crippen LogP contribution in [0, 0.1) is 0 Å². The van der Waals surface area contributed by atoms with Crippen molar-refractivity contribution in [2.75, 3.05) is 25.6 Å². The van der Waals surface area contributed by atoms with E-state index in [9.17, 15) is 8.42 Å². The monoisotopic (exact) mass is 486 g/mol. The summed E-state index contributed by atoms with van der Waals surface area (Å²) >= 11 is 1.40. The van der Waals surface area contributed by atoms with Crippen LogP contribution in [0.2, 0.25) is 0 Å². The van der Waals surface area contributed by atoms with Gasteiger partial charge in [-0.2, -0.15) is 9.41 Å². The van der Waals surface area contributed by atoms with E-state index in [0.29, 0.717) is 23.9 Å². The van der Waals surface area contributed by atoms with Crippen LogP contribution in [0.3, 0.4) is 0 Å². The Morgan fingerprint density at radius 2 is 1.91 bits per heavy atom. The number of ether oxygens (including phenoxy) is 2. The average Bonchev–Trinajstić information content (AvgIpc) is 3.28. The first-order valence-electron chi connectivity index (χ1n) is 10.5. The summed E-state index contributed by atoms with van der Waals surface area (Å²) in [6.07, 6.45) is 1.41. The van der Waals surface area contributed by atoms with E-state index in [1.807, 2.05) is 49.6 Å². The Balaban J connectivity index is 1.47. The van der Waals surface area contributed by atoms with Crippen molar-refractivity contribution in [3.8, 4) is 17.0 Å². The molecule has 1 aliphatic rings. The number of rotatable bonds is 7. The van der Waals surface area contributed by atoms with Gasteiger partial charge in [0.1, 0.15) is 5.75 Å². The Labute approximate surface area is 197 Å². The number of nitrogens with one attached hydrogen (secondary N) is 1. The van der Waals surface area contributed by atoms with Crippen LogP contribution in [-0.2, 0) is 14.8 Å². The number of methoxy groups -OCH3 is 1. The number of aromatic nitrogens is 1. The SMILES string of the molecule is COc1ccc(/C=N/Nc2nc(-c3cccc(S(=O)(=O)N4CC(C)OC(C)C4)c3)cs2)cc1. The number of hydrazone groups is 1. The van der Waals surface area contributed by atoms with Gasteiger partial charge in [0.15, 0.2) is 0 Å². The molecule has 1 aromatic heterocycles. The van der Waals surface area contributed by atoms with Gasteiger partial charge >= 0.3 is 0 Å². The third kappa shape index (κ3) is 5.59. The number of thiazole rings is 1. The molecule has 1 fully saturated rings. The molecule has 0 radical (unpaired) electrons. The van der Waals surface area contributed by atoms with E-state index in [0.717, 1.165) is 16.9 Å². The summed E-state index contributed by atoms with van der Waals surface area (Å²) in [6.45, 7) is 4.45. The lowest BCUT2D eigenvalue weighted by Gasteiger charge is -2.34. The Bertz CT molecular complexity index is 1220. The van der Waals surface area contributed by atoms with Gasteiger partial charge in [0.2, 0.25) is 15.2 Å². The molecule has 174 valence electrons. The van der Waals surface area contributed by atoms with Gasteiger partial charge in [-0.15, -0.1) is 11.3 Å². The van der Waals surface area contributed by atoms with Crippen molar-refractivity contribution < 1.29 is 17.9 Å². The molecule has 1 N–H and O–H groups in total. The lowest BCUT2D eigenvalue weighted by molar-refractivity contribution is -0.0440. The standard InChI is InChI=1S/C23H26N4O4S2/c1-16-13-27(14-17(2)31-16)33(28,29)21-6-4-5-19(11-21)22-15-32-23(25-22)26-24-12-18-7-9-20(30-3)10-8-18/h4-12,15-17H,13-14H2,1-3H3,(H,25,26)/b24-12+. The highest BCUT2D eigenvalue weighted by Crippen LogP contribution is 2.28. The van der Waals surface area contributed by atoms with E-state index in [1.54, 1.807) is 31.5 Å². The van der Waals surface area contributed by atoms with E-state index < -0.39 is 10.0 Å². The van der Waals surface area contributed by atoms with E-state index >= 15 is 0 Å². The normalized spacial score (nSPS) is 19.6. The fourth-order valence-electron chi connectivity index (χ4n) is 3.60. The summed E-state index contributed by atoms with van der Waals surface area (Å²) in [5.41, 5.74) is 5.26. The summed E-state index contributed by atoms with van der Waals surface area (Å²) in [5, 5.41) is 6.71. The third-order valence-corrected chi connectivity index (χ3v) is 7.72. The molecule has 0 bridgehead atoms. The largest absolute Gasteiger partial charge is 0.497 e. The van der Waals surface area contributed by atoms with Crippen molar-refractivity contribution in [1.29, 1.82) is 0 Å². The minimum atomic E-state index is -3.62. The van der Waals surface area contributed by atoms with Gasteiger partial charge in [-0.05, 0) is 55.8 Å². The maximum absolute atomic E-state index is 13.2. The molecule has 8 nitrogen and oxygen atoms in total. The maximum atomic E-state index is 13.2. The van der Waals surface area contributed by atoms with Crippen molar-refractivity contribution in [2.24, 2.45) is 5.10 Å². The number of anilines is 1. The topological polar surface area (TPSA) is 93.1 Å². The summed E-state index contributed by atoms with van der Waals surface area (Å²) in [7, 11) is -2.00. The second kappa shape index (κ2) is 10.0. The molecular formula is C23H26N4O4S2. The molecule has 2 heterocycles. The van der Waals surface area contributed by atoms with Crippen molar-refractivity contribution in [3.63, 3.8) is 0 Å². The number of hydrogen-bond donors (Lipinski definition) is 1. The quantitative estimate of drug-likeness (QED) is 0.400. The molecule has 0 saturated carbocycles. The van der Waals surface area contributed by atoms with Crippen LogP contribution in [-0.4, -0.2) is 56.3 Å². The van der Waals surface area contributed by atoms with Crippen molar-refractivity contribution in [3.05, 3.63) is 59.5 Å². The summed E-state index contributed by atoms with van der Waals surface area (Å²) < 4.78 is 38.7. The highest BCUT2D eigenvalue weighted by molar-refractivity contribution is 7.89. The molecule has 4 rings (SSSR count). The molecule has 3 aromatic rings. The first-order chi connectivity index (χ1) is 15.8. The van der Waals surface area contributed by atoms with Gasteiger partial charge in [0, 0.05) is 24.0 Å². The molecule has 33 heavy (non-hydrogen) atoms. The van der Waals surface area contributed by atoms with Crippen molar-refractivity contribution >= 4 is 32.7 Å². The smallest absolute Gasteiger partial charge is 0.243 e. The Hall–Kier alpha value is -2.79. The lowest BCUT2D eigenvalue weighted by Crippen LogP contribution is -2.48. The number of hydrogen-bond acceptors (Lipinski definition) is 8. The van der Waals surface area contributed by atoms with Crippen LogP contribution < -0.4 is 10.2 Å². The highest BCUT2D eigenvalue weighted by atomic mass is 32.2. The molecule has 0 spiro atoms. The zero-order valence-corrected chi connectivity index (χ0v) is 20.3. The predicted octanol–water partition coefficient (Wildman–Crippen LogP) is 4.06. The Morgan fingerprint density at radius 3 is 2.61 bits per heavy atom. The highest BCUT2D eigenvalue weighted by Gasteiger charge is 2.32. The van der Waals surface area contributed by atoms with E-state index in [4.69, 9.17) is 9.47 Å². The summed E-state index contributed by atoms with van der Waals surface area (Å²) in [4.78, 5) is 4.80. The van der Waals surface area contributed by atoms with Crippen LogP contribution in [0.5, 0.6) is 5.75 Å². The van der Waals surface area contributed by atoms with Crippen LogP contribution in [0.4, 0.5) is 5.13 Å². The molecule has 1 aliphatic heterocycles.